The van der Waals surface area contributed by atoms with Crippen LogP contribution >= 0.6 is 23.4 Å². The molecule has 25 heavy (non-hydrogen) atoms. The number of carboxylic acids is 1. The van der Waals surface area contributed by atoms with Gasteiger partial charge in [0, 0.05) is 28.6 Å². The Morgan fingerprint density at radius 2 is 2.04 bits per heavy atom. The molecular formula is C17H17ClN4O2S. The molecule has 2 heterocycles. The molecule has 3 aromatic rings. The number of halogens is 1. The lowest BCUT2D eigenvalue weighted by Gasteiger charge is -2.08. The van der Waals surface area contributed by atoms with Gasteiger partial charge in [-0.1, -0.05) is 41.6 Å². The van der Waals surface area contributed by atoms with E-state index in [9.17, 15) is 4.79 Å². The number of thioether (sulfide) groups is 1. The Bertz CT molecular complexity index is 942. The van der Waals surface area contributed by atoms with E-state index in [0.717, 1.165) is 27.5 Å². The van der Waals surface area contributed by atoms with Crippen molar-refractivity contribution in [1.29, 1.82) is 0 Å². The molecule has 8 heteroatoms. The van der Waals surface area contributed by atoms with E-state index in [4.69, 9.17) is 16.7 Å². The van der Waals surface area contributed by atoms with Crippen molar-refractivity contribution in [1.82, 2.24) is 19.6 Å². The number of aliphatic carboxylic acids is 1. The van der Waals surface area contributed by atoms with E-state index in [1.807, 2.05) is 38.1 Å². The lowest BCUT2D eigenvalue weighted by molar-refractivity contribution is -0.136. The summed E-state index contributed by atoms with van der Waals surface area (Å²) in [4.78, 5) is 19.8. The topological polar surface area (TPSA) is 80.4 Å². The van der Waals surface area contributed by atoms with Crippen LogP contribution in [-0.2, 0) is 17.0 Å². The van der Waals surface area contributed by atoms with Crippen LogP contribution < -0.4 is 0 Å². The molecule has 130 valence electrons. The summed E-state index contributed by atoms with van der Waals surface area (Å²) >= 11 is 7.67. The average molecular weight is 377 g/mol. The SMILES string of the molecule is Cc1nc2nc(SCc3ccccc3Cl)nn2c(C)c1CCC(=O)O. The van der Waals surface area contributed by atoms with Gasteiger partial charge in [-0.15, -0.1) is 5.10 Å². The van der Waals surface area contributed by atoms with Crippen molar-refractivity contribution in [3.63, 3.8) is 0 Å². The van der Waals surface area contributed by atoms with Gasteiger partial charge in [-0.2, -0.15) is 4.98 Å². The van der Waals surface area contributed by atoms with Crippen molar-refractivity contribution in [2.24, 2.45) is 0 Å². The van der Waals surface area contributed by atoms with Crippen molar-refractivity contribution in [3.05, 3.63) is 51.8 Å². The summed E-state index contributed by atoms with van der Waals surface area (Å²) in [6.07, 6.45) is 0.496. The first-order chi connectivity index (χ1) is 12.0. The van der Waals surface area contributed by atoms with Crippen molar-refractivity contribution in [2.75, 3.05) is 0 Å². The van der Waals surface area contributed by atoms with Crippen molar-refractivity contribution < 1.29 is 9.90 Å². The summed E-state index contributed by atoms with van der Waals surface area (Å²) in [5, 5.41) is 14.7. The highest BCUT2D eigenvalue weighted by molar-refractivity contribution is 7.98. The van der Waals surface area contributed by atoms with Gasteiger partial charge in [-0.05, 0) is 37.5 Å². The molecule has 0 atom stereocenters. The van der Waals surface area contributed by atoms with E-state index >= 15 is 0 Å². The fourth-order valence-electron chi connectivity index (χ4n) is 2.60. The van der Waals surface area contributed by atoms with E-state index < -0.39 is 5.97 Å². The number of hydrogen-bond acceptors (Lipinski definition) is 5. The minimum Gasteiger partial charge on any atom is -0.481 e. The Hall–Kier alpha value is -2.12. The van der Waals surface area contributed by atoms with Gasteiger partial charge < -0.3 is 5.11 Å². The number of rotatable bonds is 6. The third-order valence-corrected chi connectivity index (χ3v) is 5.19. The van der Waals surface area contributed by atoms with Gasteiger partial charge in [0.25, 0.3) is 5.78 Å². The normalized spacial score (nSPS) is 11.2. The van der Waals surface area contributed by atoms with Crippen LogP contribution in [0.25, 0.3) is 5.78 Å². The number of benzene rings is 1. The lowest BCUT2D eigenvalue weighted by atomic mass is 10.1. The van der Waals surface area contributed by atoms with E-state index in [-0.39, 0.29) is 6.42 Å². The second-order valence-electron chi connectivity index (χ2n) is 5.64. The number of aromatic nitrogens is 4. The average Bonchev–Trinajstić information content (AvgIpc) is 2.96. The van der Waals surface area contributed by atoms with Crippen molar-refractivity contribution >= 4 is 35.1 Å². The van der Waals surface area contributed by atoms with E-state index in [0.29, 0.717) is 23.1 Å². The fourth-order valence-corrected chi connectivity index (χ4v) is 3.71. The molecule has 1 aromatic carbocycles. The Kier molecular flexibility index (Phi) is 5.24. The number of fused-ring (bicyclic) bond motifs is 1. The largest absolute Gasteiger partial charge is 0.481 e. The number of hydrogen-bond donors (Lipinski definition) is 1. The van der Waals surface area contributed by atoms with E-state index in [1.54, 1.807) is 4.52 Å². The molecule has 3 rings (SSSR count). The molecule has 0 amide bonds. The molecule has 0 aliphatic rings. The molecule has 2 aromatic heterocycles. The summed E-state index contributed by atoms with van der Waals surface area (Å²) in [6.45, 7) is 3.78. The Labute approximate surface area is 154 Å². The van der Waals surface area contributed by atoms with Gasteiger partial charge in [-0.25, -0.2) is 9.50 Å². The summed E-state index contributed by atoms with van der Waals surface area (Å²) < 4.78 is 1.68. The second kappa shape index (κ2) is 7.41. The Morgan fingerprint density at radius 1 is 1.28 bits per heavy atom. The molecule has 0 spiro atoms. The molecule has 6 nitrogen and oxygen atoms in total. The maximum absolute atomic E-state index is 10.8. The molecule has 0 radical (unpaired) electrons. The monoisotopic (exact) mass is 376 g/mol. The first-order valence-electron chi connectivity index (χ1n) is 7.76. The maximum Gasteiger partial charge on any atom is 0.303 e. The molecule has 1 N–H and O–H groups in total. The zero-order valence-corrected chi connectivity index (χ0v) is 15.4. The summed E-state index contributed by atoms with van der Waals surface area (Å²) in [5.41, 5.74) is 3.60. The number of nitrogens with zero attached hydrogens (tertiary/aromatic N) is 4. The van der Waals surface area contributed by atoms with Crippen LogP contribution in [0.15, 0.2) is 29.4 Å². The van der Waals surface area contributed by atoms with Gasteiger partial charge in [-0.3, -0.25) is 4.79 Å². The van der Waals surface area contributed by atoms with Crippen LogP contribution in [0, 0.1) is 13.8 Å². The maximum atomic E-state index is 10.8. The van der Waals surface area contributed by atoms with E-state index in [2.05, 4.69) is 15.1 Å². The molecule has 0 saturated heterocycles. The predicted octanol–water partition coefficient (Wildman–Crippen LogP) is 3.70. The van der Waals surface area contributed by atoms with Crippen LogP contribution in [0.1, 0.15) is 28.9 Å². The number of aryl methyl sites for hydroxylation is 2. The quantitative estimate of drug-likeness (QED) is 0.660. The van der Waals surface area contributed by atoms with Crippen LogP contribution in [0.4, 0.5) is 0 Å². The first kappa shape index (κ1) is 17.7. The first-order valence-corrected chi connectivity index (χ1v) is 9.13. The zero-order chi connectivity index (χ0) is 18.0. The molecule has 0 bridgehead atoms. The predicted molar refractivity (Wildman–Crippen MR) is 97.2 cm³/mol. The molecular weight excluding hydrogens is 360 g/mol. The van der Waals surface area contributed by atoms with Gasteiger partial charge in [0.15, 0.2) is 0 Å². The van der Waals surface area contributed by atoms with Crippen LogP contribution in [-0.4, -0.2) is 30.7 Å². The number of carboxylic acid groups (broad SMARTS) is 1. The standard InChI is InChI=1S/C17H17ClN4O2S/c1-10-13(7-8-15(23)24)11(2)22-16(19-10)20-17(21-22)25-9-12-5-3-4-6-14(12)18/h3-6H,7-9H2,1-2H3,(H,23,24). The van der Waals surface area contributed by atoms with Crippen LogP contribution in [0.2, 0.25) is 5.02 Å². The van der Waals surface area contributed by atoms with Gasteiger partial charge in [0.1, 0.15) is 0 Å². The molecule has 0 unspecified atom stereocenters. The lowest BCUT2D eigenvalue weighted by Crippen LogP contribution is -2.08. The smallest absolute Gasteiger partial charge is 0.303 e. The second-order valence-corrected chi connectivity index (χ2v) is 6.99. The molecule has 0 fully saturated rings. The summed E-state index contributed by atoms with van der Waals surface area (Å²) in [7, 11) is 0. The molecule has 0 aliphatic carbocycles. The number of carbonyl (C=O) groups is 1. The van der Waals surface area contributed by atoms with Gasteiger partial charge in [0.05, 0.1) is 0 Å². The van der Waals surface area contributed by atoms with E-state index in [1.165, 1.54) is 11.8 Å². The molecule has 0 saturated carbocycles. The van der Waals surface area contributed by atoms with Crippen LogP contribution in [0.3, 0.4) is 0 Å². The van der Waals surface area contributed by atoms with Gasteiger partial charge in [0.2, 0.25) is 5.16 Å². The third kappa shape index (κ3) is 3.93. The summed E-state index contributed by atoms with van der Waals surface area (Å²) in [5.74, 6) is 0.365. The highest BCUT2D eigenvalue weighted by Gasteiger charge is 2.15. The minimum atomic E-state index is -0.825. The minimum absolute atomic E-state index is 0.0671. The van der Waals surface area contributed by atoms with Crippen molar-refractivity contribution in [2.45, 2.75) is 37.6 Å². The van der Waals surface area contributed by atoms with Crippen LogP contribution in [0.5, 0.6) is 0 Å². The highest BCUT2D eigenvalue weighted by atomic mass is 35.5. The fraction of sp³-hybridized carbons (Fsp3) is 0.294. The molecule has 0 aliphatic heterocycles. The Balaban J connectivity index is 1.85. The summed E-state index contributed by atoms with van der Waals surface area (Å²) in [6, 6.07) is 7.68. The van der Waals surface area contributed by atoms with Crippen molar-refractivity contribution in [3.8, 4) is 0 Å². The third-order valence-electron chi connectivity index (χ3n) is 3.93. The highest BCUT2D eigenvalue weighted by Crippen LogP contribution is 2.25. The van der Waals surface area contributed by atoms with Gasteiger partial charge >= 0.3 is 5.97 Å². The Morgan fingerprint density at radius 3 is 2.76 bits per heavy atom. The zero-order valence-electron chi connectivity index (χ0n) is 13.9.